The van der Waals surface area contributed by atoms with Crippen molar-refractivity contribution in [2.75, 3.05) is 19.6 Å². The van der Waals surface area contributed by atoms with Crippen molar-refractivity contribution in [2.24, 2.45) is 5.92 Å². The molecule has 0 bridgehead atoms. The third-order valence-corrected chi connectivity index (χ3v) is 5.71. The maximum Gasteiger partial charge on any atom is 0.298 e. The van der Waals surface area contributed by atoms with E-state index in [2.05, 4.69) is 21.8 Å². The van der Waals surface area contributed by atoms with Gasteiger partial charge in [0.25, 0.3) is 11.7 Å². The van der Waals surface area contributed by atoms with Crippen LogP contribution in [0.5, 0.6) is 0 Å². The molecule has 2 aliphatic rings. The van der Waals surface area contributed by atoms with E-state index in [0.717, 1.165) is 50.3 Å². The molecule has 0 aromatic carbocycles. The number of fused-ring (bicyclic) bond motifs is 1. The lowest BCUT2D eigenvalue weighted by molar-refractivity contribution is -0.126. The Bertz CT molecular complexity index is 798. The number of aromatic nitrogens is 2. The van der Waals surface area contributed by atoms with Crippen molar-refractivity contribution >= 4 is 11.7 Å². The fraction of sp³-hybridized carbons (Fsp3) is 0.550. The van der Waals surface area contributed by atoms with Crippen LogP contribution in [0.25, 0.3) is 0 Å². The van der Waals surface area contributed by atoms with Gasteiger partial charge in [-0.2, -0.15) is 0 Å². The highest BCUT2D eigenvalue weighted by molar-refractivity contribution is 6.41. The molecule has 1 N–H and O–H groups in total. The molecule has 4 heterocycles. The Hall–Kier alpha value is -2.41. The highest BCUT2D eigenvalue weighted by Gasteiger charge is 2.44. The van der Waals surface area contributed by atoms with E-state index in [9.17, 15) is 9.59 Å². The van der Waals surface area contributed by atoms with Gasteiger partial charge in [-0.25, -0.2) is 4.98 Å². The molecule has 2 saturated heterocycles. The Morgan fingerprint density at radius 2 is 2.26 bits per heavy atom. The molecule has 0 saturated carbocycles. The summed E-state index contributed by atoms with van der Waals surface area (Å²) in [5.74, 6) is 0.588. The van der Waals surface area contributed by atoms with E-state index in [1.807, 2.05) is 6.20 Å². The number of ketones is 1. The van der Waals surface area contributed by atoms with Gasteiger partial charge < -0.3 is 14.3 Å². The molecule has 4 rings (SSSR count). The molecule has 0 aliphatic carbocycles. The number of H-pyrrole nitrogens is 1. The first kappa shape index (κ1) is 18.0. The van der Waals surface area contributed by atoms with Crippen molar-refractivity contribution in [3.63, 3.8) is 0 Å². The van der Waals surface area contributed by atoms with Gasteiger partial charge in [0.2, 0.25) is 0 Å². The molecule has 2 aromatic heterocycles. The zero-order valence-electron chi connectivity index (χ0n) is 15.7. The number of hydrogen-bond acceptors (Lipinski definition) is 5. The summed E-state index contributed by atoms with van der Waals surface area (Å²) in [5.41, 5.74) is 1.12. The molecule has 7 heteroatoms. The Balaban J connectivity index is 1.36. The van der Waals surface area contributed by atoms with E-state index in [1.165, 1.54) is 12.3 Å². The van der Waals surface area contributed by atoms with Gasteiger partial charge in [0, 0.05) is 44.0 Å². The first-order chi connectivity index (χ1) is 13.2. The van der Waals surface area contributed by atoms with Crippen LogP contribution in [0, 0.1) is 5.92 Å². The third kappa shape index (κ3) is 3.69. The number of likely N-dealkylation sites (tertiary alicyclic amines) is 2. The number of aromatic amines is 1. The molecule has 27 heavy (non-hydrogen) atoms. The number of hydrogen-bond donors (Lipinski definition) is 1. The predicted octanol–water partition coefficient (Wildman–Crippen LogP) is 2.26. The maximum atomic E-state index is 12.5. The zero-order chi connectivity index (χ0) is 18.8. The lowest BCUT2D eigenvalue weighted by Crippen LogP contribution is -2.39. The van der Waals surface area contributed by atoms with Crippen LogP contribution in [0.3, 0.4) is 0 Å². The number of Topliss-reactive ketones (excluding diaryl/α,β-unsaturated/α-hetero) is 1. The number of nitrogens with one attached hydrogen (secondary N) is 1. The van der Waals surface area contributed by atoms with Crippen LogP contribution in [-0.4, -0.2) is 57.1 Å². The molecule has 2 aromatic rings. The summed E-state index contributed by atoms with van der Waals surface area (Å²) in [4.78, 5) is 36.8. The van der Waals surface area contributed by atoms with Crippen molar-refractivity contribution in [1.29, 1.82) is 0 Å². The van der Waals surface area contributed by atoms with E-state index in [1.54, 1.807) is 11.0 Å². The Morgan fingerprint density at radius 1 is 1.37 bits per heavy atom. The van der Waals surface area contributed by atoms with Crippen LogP contribution >= 0.6 is 0 Å². The topological polar surface area (TPSA) is 82.4 Å². The summed E-state index contributed by atoms with van der Waals surface area (Å²) in [6.45, 7) is 5.27. The summed E-state index contributed by atoms with van der Waals surface area (Å²) in [6.07, 6.45) is 7.69. The average molecular weight is 370 g/mol. The number of nitrogens with zero attached hydrogens (tertiary/aromatic N) is 3. The van der Waals surface area contributed by atoms with Gasteiger partial charge in [-0.15, -0.1) is 0 Å². The van der Waals surface area contributed by atoms with E-state index in [-0.39, 0.29) is 5.76 Å². The number of amides is 1. The van der Waals surface area contributed by atoms with Crippen LogP contribution in [0.2, 0.25) is 0 Å². The molecular formula is C20H26N4O3. The molecule has 0 radical (unpaired) electrons. The lowest BCUT2D eigenvalue weighted by Gasteiger charge is -2.23. The van der Waals surface area contributed by atoms with Crippen molar-refractivity contribution in [2.45, 2.75) is 45.2 Å². The quantitative estimate of drug-likeness (QED) is 0.597. The fourth-order valence-corrected chi connectivity index (χ4v) is 4.24. The Morgan fingerprint density at radius 3 is 3.04 bits per heavy atom. The second-order valence-electron chi connectivity index (χ2n) is 7.56. The minimum atomic E-state index is -0.555. The monoisotopic (exact) mass is 370 g/mol. The van der Waals surface area contributed by atoms with Crippen molar-refractivity contribution in [1.82, 2.24) is 19.8 Å². The standard InChI is InChI=1S/C20H26N4O3/c1-2-3-6-18-21-10-15(22-18)12-23-8-7-14-11-24(13-16(14)23)20(26)19(25)17-5-4-9-27-17/h4-5,9-10,14,16H,2-3,6-8,11-13H2,1H3,(H,21,22)/t14-,16+/m1/s1. The number of aryl methyl sites for hydroxylation is 1. The van der Waals surface area contributed by atoms with Crippen LogP contribution in [0.4, 0.5) is 0 Å². The van der Waals surface area contributed by atoms with Gasteiger partial charge in [0.05, 0.1) is 6.26 Å². The molecule has 1 amide bonds. The van der Waals surface area contributed by atoms with Gasteiger partial charge in [-0.05, 0) is 37.4 Å². The maximum absolute atomic E-state index is 12.5. The molecule has 2 aliphatic heterocycles. The van der Waals surface area contributed by atoms with Crippen LogP contribution in [-0.2, 0) is 17.8 Å². The molecule has 144 valence electrons. The molecule has 0 unspecified atom stereocenters. The second kappa shape index (κ2) is 7.68. The summed E-state index contributed by atoms with van der Waals surface area (Å²) < 4.78 is 5.08. The summed E-state index contributed by atoms with van der Waals surface area (Å²) in [7, 11) is 0. The Kier molecular flexibility index (Phi) is 5.11. The molecular weight excluding hydrogens is 344 g/mol. The SMILES string of the molecule is CCCCc1ncc(CN2CC[C@@H]3CN(C(=O)C(=O)c4ccco4)C[C@@H]32)[nH]1. The number of unbranched alkanes of at least 4 members (excludes halogenated alkanes) is 1. The van der Waals surface area contributed by atoms with Crippen LogP contribution < -0.4 is 0 Å². The number of imidazole rings is 1. The smallest absolute Gasteiger partial charge is 0.298 e. The molecule has 7 nitrogen and oxygen atoms in total. The lowest BCUT2D eigenvalue weighted by atomic mass is 10.1. The highest BCUT2D eigenvalue weighted by atomic mass is 16.3. The third-order valence-electron chi connectivity index (χ3n) is 5.71. The minimum Gasteiger partial charge on any atom is -0.461 e. The molecule has 2 fully saturated rings. The van der Waals surface area contributed by atoms with Gasteiger partial charge in [-0.3, -0.25) is 14.5 Å². The van der Waals surface area contributed by atoms with E-state index in [0.29, 0.717) is 25.0 Å². The first-order valence-electron chi connectivity index (χ1n) is 9.79. The predicted molar refractivity (Wildman–Crippen MR) is 99.1 cm³/mol. The molecule has 0 spiro atoms. The normalized spacial score (nSPS) is 22.3. The average Bonchev–Trinajstić information content (AvgIpc) is 3.44. The summed E-state index contributed by atoms with van der Waals surface area (Å²) >= 11 is 0. The van der Waals surface area contributed by atoms with Gasteiger partial charge in [-0.1, -0.05) is 13.3 Å². The van der Waals surface area contributed by atoms with E-state index in [4.69, 9.17) is 4.42 Å². The van der Waals surface area contributed by atoms with Crippen LogP contribution in [0.1, 0.15) is 48.3 Å². The largest absolute Gasteiger partial charge is 0.461 e. The summed E-state index contributed by atoms with van der Waals surface area (Å²) in [5, 5.41) is 0. The van der Waals surface area contributed by atoms with Gasteiger partial charge >= 0.3 is 0 Å². The fourth-order valence-electron chi connectivity index (χ4n) is 4.24. The van der Waals surface area contributed by atoms with Crippen molar-refractivity contribution < 1.29 is 14.0 Å². The minimum absolute atomic E-state index is 0.117. The van der Waals surface area contributed by atoms with Gasteiger partial charge in [0.1, 0.15) is 5.82 Å². The number of rotatable bonds is 7. The number of furan rings is 1. The van der Waals surface area contributed by atoms with Crippen molar-refractivity contribution in [3.8, 4) is 0 Å². The number of carbonyl (C=O) groups excluding carboxylic acids is 2. The van der Waals surface area contributed by atoms with Crippen LogP contribution in [0.15, 0.2) is 29.0 Å². The Labute approximate surface area is 158 Å². The summed E-state index contributed by atoms with van der Waals surface area (Å²) in [6, 6.07) is 3.47. The number of carbonyl (C=O) groups is 2. The molecule has 2 atom stereocenters. The zero-order valence-corrected chi connectivity index (χ0v) is 15.7. The van der Waals surface area contributed by atoms with E-state index >= 15 is 0 Å². The first-order valence-corrected chi connectivity index (χ1v) is 9.79. The van der Waals surface area contributed by atoms with E-state index < -0.39 is 11.7 Å². The second-order valence-corrected chi connectivity index (χ2v) is 7.56. The highest BCUT2D eigenvalue weighted by Crippen LogP contribution is 2.32. The van der Waals surface area contributed by atoms with Gasteiger partial charge in [0.15, 0.2) is 5.76 Å². The van der Waals surface area contributed by atoms with Crippen molar-refractivity contribution in [3.05, 3.63) is 41.9 Å².